The highest BCUT2D eigenvalue weighted by atomic mass is 16.5. The van der Waals surface area contributed by atoms with Crippen LogP contribution in [0, 0.1) is 0 Å². The van der Waals surface area contributed by atoms with E-state index in [0.29, 0.717) is 0 Å². The molecule has 1 amide bonds. The van der Waals surface area contributed by atoms with E-state index in [0.717, 1.165) is 40.7 Å². The van der Waals surface area contributed by atoms with Gasteiger partial charge in [-0.1, -0.05) is 18.2 Å². The molecule has 0 aliphatic heterocycles. The van der Waals surface area contributed by atoms with E-state index in [4.69, 9.17) is 4.74 Å². The number of anilines is 1. The molecule has 1 saturated carbocycles. The van der Waals surface area contributed by atoms with E-state index in [1.54, 1.807) is 13.3 Å². The molecule has 23 heavy (non-hydrogen) atoms. The average molecular weight is 307 g/mol. The Bertz CT molecular complexity index is 881. The molecule has 1 fully saturated rings. The maximum absolute atomic E-state index is 12.8. The van der Waals surface area contributed by atoms with Gasteiger partial charge in [0.1, 0.15) is 5.75 Å². The van der Waals surface area contributed by atoms with Crippen LogP contribution < -0.4 is 10.1 Å². The van der Waals surface area contributed by atoms with Gasteiger partial charge in [-0.2, -0.15) is 5.10 Å². The summed E-state index contributed by atoms with van der Waals surface area (Å²) in [5, 5.41) is 11.0. The van der Waals surface area contributed by atoms with E-state index in [9.17, 15) is 4.79 Å². The van der Waals surface area contributed by atoms with Crippen molar-refractivity contribution in [3.8, 4) is 5.75 Å². The normalized spacial score (nSPS) is 15.3. The second kappa shape index (κ2) is 5.12. The molecule has 5 nitrogen and oxygen atoms in total. The molecule has 2 N–H and O–H groups in total. The third-order valence-corrected chi connectivity index (χ3v) is 4.51. The van der Waals surface area contributed by atoms with Gasteiger partial charge in [-0.05, 0) is 37.1 Å². The highest BCUT2D eigenvalue weighted by Gasteiger charge is 2.52. The maximum atomic E-state index is 12.8. The van der Waals surface area contributed by atoms with Crippen LogP contribution in [0.4, 0.5) is 5.69 Å². The van der Waals surface area contributed by atoms with Crippen molar-refractivity contribution in [1.82, 2.24) is 10.2 Å². The molecular formula is C18H17N3O2. The highest BCUT2D eigenvalue weighted by Crippen LogP contribution is 2.51. The van der Waals surface area contributed by atoms with Crippen LogP contribution in [0.2, 0.25) is 0 Å². The van der Waals surface area contributed by atoms with Crippen LogP contribution in [-0.2, 0) is 10.2 Å². The summed E-state index contributed by atoms with van der Waals surface area (Å²) >= 11 is 0. The Hall–Kier alpha value is -2.82. The van der Waals surface area contributed by atoms with Gasteiger partial charge in [0.25, 0.3) is 0 Å². The van der Waals surface area contributed by atoms with Crippen molar-refractivity contribution in [2.24, 2.45) is 0 Å². The minimum Gasteiger partial charge on any atom is -0.496 e. The SMILES string of the molecule is COc1ccccc1C1(C(=O)Nc2ccc3cn[nH]c3c2)CC1. The number of hydrogen-bond acceptors (Lipinski definition) is 3. The van der Waals surface area contributed by atoms with Gasteiger partial charge in [-0.3, -0.25) is 9.89 Å². The van der Waals surface area contributed by atoms with Gasteiger partial charge in [0, 0.05) is 16.6 Å². The summed E-state index contributed by atoms with van der Waals surface area (Å²) in [6.45, 7) is 0. The predicted octanol–water partition coefficient (Wildman–Crippen LogP) is 3.24. The van der Waals surface area contributed by atoms with Gasteiger partial charge < -0.3 is 10.1 Å². The summed E-state index contributed by atoms with van der Waals surface area (Å²) in [6.07, 6.45) is 3.44. The average Bonchev–Trinajstić information content (AvgIpc) is 3.27. The molecule has 0 bridgehead atoms. The molecule has 116 valence electrons. The molecule has 0 radical (unpaired) electrons. The first kappa shape index (κ1) is 13.8. The lowest BCUT2D eigenvalue weighted by Gasteiger charge is -2.18. The van der Waals surface area contributed by atoms with Crippen molar-refractivity contribution in [2.75, 3.05) is 12.4 Å². The third-order valence-electron chi connectivity index (χ3n) is 4.51. The smallest absolute Gasteiger partial charge is 0.235 e. The number of benzene rings is 2. The maximum Gasteiger partial charge on any atom is 0.235 e. The molecule has 1 heterocycles. The Kier molecular flexibility index (Phi) is 3.08. The second-order valence-corrected chi connectivity index (χ2v) is 5.91. The number of rotatable bonds is 4. The van der Waals surface area contributed by atoms with Crippen LogP contribution in [0.15, 0.2) is 48.7 Å². The molecular weight excluding hydrogens is 290 g/mol. The number of para-hydroxylation sites is 1. The van der Waals surface area contributed by atoms with E-state index in [1.165, 1.54) is 0 Å². The molecule has 3 aromatic rings. The van der Waals surface area contributed by atoms with Gasteiger partial charge in [-0.25, -0.2) is 0 Å². The Labute approximate surface area is 133 Å². The van der Waals surface area contributed by atoms with Crippen LogP contribution in [0.3, 0.4) is 0 Å². The number of aromatic nitrogens is 2. The van der Waals surface area contributed by atoms with E-state index in [2.05, 4.69) is 15.5 Å². The lowest BCUT2D eigenvalue weighted by atomic mass is 9.94. The van der Waals surface area contributed by atoms with Gasteiger partial charge in [0.15, 0.2) is 0 Å². The van der Waals surface area contributed by atoms with Crippen molar-refractivity contribution < 1.29 is 9.53 Å². The summed E-state index contributed by atoms with van der Waals surface area (Å²) in [5.41, 5.74) is 2.16. The van der Waals surface area contributed by atoms with Crippen molar-refractivity contribution in [3.63, 3.8) is 0 Å². The van der Waals surface area contributed by atoms with Crippen molar-refractivity contribution in [1.29, 1.82) is 0 Å². The zero-order valence-corrected chi connectivity index (χ0v) is 12.8. The van der Waals surface area contributed by atoms with Crippen LogP contribution in [0.25, 0.3) is 10.9 Å². The first-order valence-electron chi connectivity index (χ1n) is 7.61. The zero-order chi connectivity index (χ0) is 15.9. The molecule has 1 aliphatic rings. The number of methoxy groups -OCH3 is 1. The topological polar surface area (TPSA) is 67.0 Å². The Morgan fingerprint density at radius 2 is 2.09 bits per heavy atom. The summed E-state index contributed by atoms with van der Waals surface area (Å²) in [5.74, 6) is 0.782. The van der Waals surface area contributed by atoms with E-state index >= 15 is 0 Å². The Balaban J connectivity index is 1.63. The van der Waals surface area contributed by atoms with E-state index < -0.39 is 5.41 Å². The predicted molar refractivity (Wildman–Crippen MR) is 88.6 cm³/mol. The molecule has 0 spiro atoms. The summed E-state index contributed by atoms with van der Waals surface area (Å²) in [7, 11) is 1.64. The Morgan fingerprint density at radius 3 is 2.87 bits per heavy atom. The minimum atomic E-state index is -0.477. The number of ether oxygens (including phenoxy) is 1. The largest absolute Gasteiger partial charge is 0.496 e. The molecule has 0 atom stereocenters. The third kappa shape index (κ3) is 2.25. The molecule has 0 saturated heterocycles. The van der Waals surface area contributed by atoms with Crippen molar-refractivity contribution in [3.05, 3.63) is 54.2 Å². The molecule has 5 heteroatoms. The lowest BCUT2D eigenvalue weighted by molar-refractivity contribution is -0.118. The Morgan fingerprint density at radius 1 is 1.26 bits per heavy atom. The number of carbonyl (C=O) groups is 1. The lowest BCUT2D eigenvalue weighted by Crippen LogP contribution is -2.28. The first-order chi connectivity index (χ1) is 11.2. The van der Waals surface area contributed by atoms with E-state index in [-0.39, 0.29) is 5.91 Å². The van der Waals surface area contributed by atoms with Crippen molar-refractivity contribution in [2.45, 2.75) is 18.3 Å². The van der Waals surface area contributed by atoms with Crippen LogP contribution in [0.5, 0.6) is 5.75 Å². The molecule has 1 aromatic heterocycles. The van der Waals surface area contributed by atoms with Gasteiger partial charge >= 0.3 is 0 Å². The molecule has 1 aliphatic carbocycles. The number of hydrogen-bond donors (Lipinski definition) is 2. The van der Waals surface area contributed by atoms with Gasteiger partial charge in [0.05, 0.1) is 24.2 Å². The second-order valence-electron chi connectivity index (χ2n) is 5.91. The summed E-state index contributed by atoms with van der Waals surface area (Å²) in [6, 6.07) is 13.5. The van der Waals surface area contributed by atoms with Crippen LogP contribution in [0.1, 0.15) is 18.4 Å². The quantitative estimate of drug-likeness (QED) is 0.777. The fourth-order valence-electron chi connectivity index (χ4n) is 3.05. The minimum absolute atomic E-state index is 0.0147. The van der Waals surface area contributed by atoms with Gasteiger partial charge in [0.2, 0.25) is 5.91 Å². The molecule has 2 aromatic carbocycles. The monoisotopic (exact) mass is 307 g/mol. The van der Waals surface area contributed by atoms with E-state index in [1.807, 2.05) is 42.5 Å². The van der Waals surface area contributed by atoms with Crippen LogP contribution >= 0.6 is 0 Å². The fraction of sp³-hybridized carbons (Fsp3) is 0.222. The number of H-pyrrole nitrogens is 1. The first-order valence-corrected chi connectivity index (χ1v) is 7.61. The number of amides is 1. The molecule has 0 unspecified atom stereocenters. The standard InChI is InChI=1S/C18H17N3O2/c1-23-16-5-3-2-4-14(16)18(8-9-18)17(22)20-13-7-6-12-11-19-21-15(12)10-13/h2-7,10-11H,8-9H2,1H3,(H,19,21)(H,20,22). The zero-order valence-electron chi connectivity index (χ0n) is 12.8. The van der Waals surface area contributed by atoms with Crippen molar-refractivity contribution >= 4 is 22.5 Å². The summed E-state index contributed by atoms with van der Waals surface area (Å²) < 4.78 is 5.43. The number of nitrogens with zero attached hydrogens (tertiary/aromatic N) is 1. The molecule has 4 rings (SSSR count). The summed E-state index contributed by atoms with van der Waals surface area (Å²) in [4.78, 5) is 12.8. The van der Waals surface area contributed by atoms with Crippen LogP contribution in [-0.4, -0.2) is 23.2 Å². The number of nitrogens with one attached hydrogen (secondary N) is 2. The fourth-order valence-corrected chi connectivity index (χ4v) is 3.05. The number of carbonyl (C=O) groups excluding carboxylic acids is 1. The highest BCUT2D eigenvalue weighted by molar-refractivity contribution is 6.02. The van der Waals surface area contributed by atoms with Gasteiger partial charge in [-0.15, -0.1) is 0 Å². The number of aromatic amines is 1. The number of fused-ring (bicyclic) bond motifs is 1.